The summed E-state index contributed by atoms with van der Waals surface area (Å²) >= 11 is 1.69. The molecule has 0 amide bonds. The molecule has 1 fully saturated rings. The molecular formula is C20H21N3OS. The van der Waals surface area contributed by atoms with Crippen LogP contribution in [0.5, 0.6) is 0 Å². The smallest absolute Gasteiger partial charge is 0.141 e. The summed E-state index contributed by atoms with van der Waals surface area (Å²) in [6.07, 6.45) is 3.06. The van der Waals surface area contributed by atoms with Gasteiger partial charge in [0.15, 0.2) is 0 Å². The standard InChI is InChI=1S/C20H21N3OS/c1-3-11-24-16-9-10-23(12-16)19-18-17(15-7-5-4-6-8-15)13-25-20(18)22-14(2)21-19/h3-8,13,16H,1,9-12H2,2H3. The van der Waals surface area contributed by atoms with Gasteiger partial charge in [-0.15, -0.1) is 17.9 Å². The number of hydrogen-bond donors (Lipinski definition) is 0. The van der Waals surface area contributed by atoms with Crippen molar-refractivity contribution >= 4 is 27.4 Å². The maximum absolute atomic E-state index is 5.84. The lowest BCUT2D eigenvalue weighted by Crippen LogP contribution is -2.24. The number of fused-ring (bicyclic) bond motifs is 1. The van der Waals surface area contributed by atoms with Gasteiger partial charge in [-0.05, 0) is 18.9 Å². The molecule has 1 atom stereocenters. The predicted molar refractivity (Wildman–Crippen MR) is 104 cm³/mol. The maximum atomic E-state index is 5.84. The Morgan fingerprint density at radius 3 is 2.96 bits per heavy atom. The van der Waals surface area contributed by atoms with Gasteiger partial charge in [-0.25, -0.2) is 9.97 Å². The van der Waals surface area contributed by atoms with Crippen LogP contribution in [0.3, 0.4) is 0 Å². The van der Waals surface area contributed by atoms with E-state index in [-0.39, 0.29) is 6.10 Å². The molecule has 0 aliphatic carbocycles. The van der Waals surface area contributed by atoms with Crippen molar-refractivity contribution in [3.05, 3.63) is 54.2 Å². The van der Waals surface area contributed by atoms with Crippen LogP contribution in [0.4, 0.5) is 5.82 Å². The highest BCUT2D eigenvalue weighted by molar-refractivity contribution is 7.17. The molecule has 4 rings (SSSR count). The molecule has 3 aromatic rings. The molecule has 0 radical (unpaired) electrons. The molecule has 1 aliphatic rings. The average Bonchev–Trinajstić information content (AvgIpc) is 3.27. The number of ether oxygens (including phenoxy) is 1. The van der Waals surface area contributed by atoms with Crippen LogP contribution >= 0.6 is 11.3 Å². The van der Waals surface area contributed by atoms with Crippen LogP contribution in [-0.2, 0) is 4.74 Å². The van der Waals surface area contributed by atoms with E-state index in [1.54, 1.807) is 11.3 Å². The molecule has 1 saturated heterocycles. The van der Waals surface area contributed by atoms with Gasteiger partial charge in [0.2, 0.25) is 0 Å². The van der Waals surface area contributed by atoms with Gasteiger partial charge >= 0.3 is 0 Å². The Morgan fingerprint density at radius 1 is 1.32 bits per heavy atom. The topological polar surface area (TPSA) is 38.2 Å². The van der Waals surface area contributed by atoms with Gasteiger partial charge in [-0.1, -0.05) is 36.4 Å². The molecule has 1 aliphatic heterocycles. The fourth-order valence-corrected chi connectivity index (χ4v) is 4.33. The summed E-state index contributed by atoms with van der Waals surface area (Å²) in [5.41, 5.74) is 2.42. The summed E-state index contributed by atoms with van der Waals surface area (Å²) in [6, 6.07) is 10.5. The molecule has 3 heterocycles. The van der Waals surface area contributed by atoms with Crippen LogP contribution < -0.4 is 4.90 Å². The Morgan fingerprint density at radius 2 is 2.16 bits per heavy atom. The van der Waals surface area contributed by atoms with Crippen molar-refractivity contribution in [1.82, 2.24) is 9.97 Å². The number of rotatable bonds is 5. The zero-order chi connectivity index (χ0) is 17.2. The van der Waals surface area contributed by atoms with Crippen LogP contribution in [0.15, 0.2) is 48.4 Å². The lowest BCUT2D eigenvalue weighted by molar-refractivity contribution is 0.0909. The first-order valence-corrected chi connectivity index (χ1v) is 9.43. The molecule has 0 spiro atoms. The normalized spacial score (nSPS) is 17.3. The lowest BCUT2D eigenvalue weighted by Gasteiger charge is -2.19. The summed E-state index contributed by atoms with van der Waals surface area (Å²) < 4.78 is 5.84. The first-order chi connectivity index (χ1) is 12.3. The van der Waals surface area contributed by atoms with Crippen molar-refractivity contribution in [2.45, 2.75) is 19.4 Å². The number of anilines is 1. The second-order valence-corrected chi connectivity index (χ2v) is 7.13. The molecule has 25 heavy (non-hydrogen) atoms. The Kier molecular flexibility index (Phi) is 4.51. The number of aromatic nitrogens is 2. The van der Waals surface area contributed by atoms with E-state index < -0.39 is 0 Å². The highest BCUT2D eigenvalue weighted by Crippen LogP contribution is 2.39. The van der Waals surface area contributed by atoms with E-state index in [0.29, 0.717) is 6.61 Å². The second-order valence-electron chi connectivity index (χ2n) is 6.27. The fraction of sp³-hybridized carbons (Fsp3) is 0.300. The van der Waals surface area contributed by atoms with Crippen molar-refractivity contribution in [2.24, 2.45) is 0 Å². The van der Waals surface area contributed by atoms with Crippen LogP contribution in [0.2, 0.25) is 0 Å². The number of aryl methyl sites for hydroxylation is 1. The van der Waals surface area contributed by atoms with E-state index in [0.717, 1.165) is 41.4 Å². The predicted octanol–water partition coefficient (Wildman–Crippen LogP) is 4.45. The molecule has 1 unspecified atom stereocenters. The highest BCUT2D eigenvalue weighted by Gasteiger charge is 2.27. The Balaban J connectivity index is 1.76. The second kappa shape index (κ2) is 6.94. The Hall–Kier alpha value is -2.24. The van der Waals surface area contributed by atoms with Crippen LogP contribution in [0.1, 0.15) is 12.2 Å². The summed E-state index contributed by atoms with van der Waals surface area (Å²) in [5.74, 6) is 1.85. The zero-order valence-corrected chi connectivity index (χ0v) is 15.1. The Bertz CT molecular complexity index is 891. The molecule has 4 nitrogen and oxygen atoms in total. The zero-order valence-electron chi connectivity index (χ0n) is 14.3. The fourth-order valence-electron chi connectivity index (χ4n) is 3.35. The summed E-state index contributed by atoms with van der Waals surface area (Å²) in [6.45, 7) is 8.12. The van der Waals surface area contributed by atoms with Gasteiger partial charge in [0.05, 0.1) is 18.1 Å². The summed E-state index contributed by atoms with van der Waals surface area (Å²) in [7, 11) is 0. The molecule has 0 N–H and O–H groups in total. The SMILES string of the molecule is C=CCOC1CCN(c2nc(C)nc3scc(-c4ccccc4)c23)C1. The van der Waals surface area contributed by atoms with Gasteiger partial charge in [0.25, 0.3) is 0 Å². The van der Waals surface area contributed by atoms with Crippen LogP contribution in [0.25, 0.3) is 21.3 Å². The van der Waals surface area contributed by atoms with Crippen molar-refractivity contribution in [3.8, 4) is 11.1 Å². The lowest BCUT2D eigenvalue weighted by atomic mass is 10.1. The monoisotopic (exact) mass is 351 g/mol. The molecular weight excluding hydrogens is 330 g/mol. The largest absolute Gasteiger partial charge is 0.372 e. The van der Waals surface area contributed by atoms with Gasteiger partial charge in [-0.2, -0.15) is 0 Å². The van der Waals surface area contributed by atoms with Gasteiger partial charge < -0.3 is 9.64 Å². The molecule has 5 heteroatoms. The Labute approximate surface area is 151 Å². The minimum absolute atomic E-state index is 0.238. The minimum Gasteiger partial charge on any atom is -0.372 e. The van der Waals surface area contributed by atoms with Gasteiger partial charge in [-0.3, -0.25) is 0 Å². The average molecular weight is 351 g/mol. The molecule has 128 valence electrons. The third-order valence-electron chi connectivity index (χ3n) is 4.51. The summed E-state index contributed by atoms with van der Waals surface area (Å²) in [5, 5.41) is 3.35. The number of thiophene rings is 1. The highest BCUT2D eigenvalue weighted by atomic mass is 32.1. The maximum Gasteiger partial charge on any atom is 0.141 e. The van der Waals surface area contributed by atoms with Crippen molar-refractivity contribution in [1.29, 1.82) is 0 Å². The molecule has 0 saturated carbocycles. The number of benzene rings is 1. The first-order valence-electron chi connectivity index (χ1n) is 8.55. The molecule has 2 aromatic heterocycles. The van der Waals surface area contributed by atoms with E-state index in [1.165, 1.54) is 11.1 Å². The minimum atomic E-state index is 0.238. The number of nitrogens with zero attached hydrogens (tertiary/aromatic N) is 3. The van der Waals surface area contributed by atoms with Crippen LogP contribution in [0, 0.1) is 6.92 Å². The van der Waals surface area contributed by atoms with E-state index >= 15 is 0 Å². The molecule has 1 aromatic carbocycles. The van der Waals surface area contributed by atoms with E-state index in [9.17, 15) is 0 Å². The van der Waals surface area contributed by atoms with Crippen molar-refractivity contribution in [3.63, 3.8) is 0 Å². The van der Waals surface area contributed by atoms with Crippen LogP contribution in [-0.4, -0.2) is 35.8 Å². The quantitative estimate of drug-likeness (QED) is 0.637. The van der Waals surface area contributed by atoms with E-state index in [1.807, 2.05) is 19.1 Å². The van der Waals surface area contributed by atoms with Crippen molar-refractivity contribution < 1.29 is 4.74 Å². The third kappa shape index (κ3) is 3.17. The first kappa shape index (κ1) is 16.2. The number of hydrogen-bond acceptors (Lipinski definition) is 5. The van der Waals surface area contributed by atoms with Crippen molar-refractivity contribution in [2.75, 3.05) is 24.6 Å². The summed E-state index contributed by atoms with van der Waals surface area (Å²) in [4.78, 5) is 12.9. The van der Waals surface area contributed by atoms with Gasteiger partial charge in [0, 0.05) is 24.0 Å². The van der Waals surface area contributed by atoms with E-state index in [4.69, 9.17) is 9.72 Å². The van der Waals surface area contributed by atoms with Gasteiger partial charge in [0.1, 0.15) is 16.5 Å². The third-order valence-corrected chi connectivity index (χ3v) is 5.38. The molecule has 0 bridgehead atoms. The van der Waals surface area contributed by atoms with E-state index in [2.05, 4.69) is 46.1 Å².